The number of hydrogen-bond donors (Lipinski definition) is 1. The largest absolute Gasteiger partial charge is 0.361 e. The number of para-hydroxylation sites is 2. The maximum absolute atomic E-state index is 13.6. The van der Waals surface area contributed by atoms with Crippen molar-refractivity contribution in [3.8, 4) is 5.69 Å². The predicted molar refractivity (Wildman–Crippen MR) is 126 cm³/mol. The summed E-state index contributed by atoms with van der Waals surface area (Å²) in [6.45, 7) is 2.02. The van der Waals surface area contributed by atoms with Crippen LogP contribution < -0.4 is 10.9 Å². The summed E-state index contributed by atoms with van der Waals surface area (Å²) in [5.41, 5.74) is 2.31. The summed E-state index contributed by atoms with van der Waals surface area (Å²) >= 11 is 6.40. The molecule has 0 saturated heterocycles. The molecule has 0 saturated carbocycles. The molecule has 2 aromatic heterocycles. The van der Waals surface area contributed by atoms with E-state index in [9.17, 15) is 4.79 Å². The van der Waals surface area contributed by atoms with E-state index in [0.717, 1.165) is 33.5 Å². The number of halogens is 1. The Morgan fingerprint density at radius 3 is 2.55 bits per heavy atom. The summed E-state index contributed by atoms with van der Waals surface area (Å²) in [4.78, 5) is 22.3. The Morgan fingerprint density at radius 1 is 0.935 bits per heavy atom. The summed E-state index contributed by atoms with van der Waals surface area (Å²) in [5, 5.41) is 6.16. The van der Waals surface area contributed by atoms with E-state index in [1.165, 1.54) is 0 Å². The molecule has 0 bridgehead atoms. The molecular weight excluding hydrogens is 408 g/mol. The third kappa shape index (κ3) is 3.43. The maximum atomic E-state index is 13.6. The van der Waals surface area contributed by atoms with Crippen molar-refractivity contribution < 1.29 is 0 Å². The molecule has 0 amide bonds. The highest BCUT2D eigenvalue weighted by Gasteiger charge is 2.18. The van der Waals surface area contributed by atoms with E-state index in [1.807, 2.05) is 79.7 Å². The Morgan fingerprint density at radius 2 is 1.71 bits per heavy atom. The van der Waals surface area contributed by atoms with Gasteiger partial charge in [0, 0.05) is 16.8 Å². The number of hydrogen-bond acceptors (Lipinski definition) is 4. The molecule has 2 heterocycles. The molecule has 5 aromatic rings. The van der Waals surface area contributed by atoms with Crippen LogP contribution in [0.3, 0.4) is 0 Å². The standard InChI is InChI=1S/C25H19ClN4O/c1-16(29-24-19-11-5-6-13-21(19)27-15-28-24)22-14-17-8-7-12-20(26)23(17)25(31)30(22)18-9-3-2-4-10-18/h2-16H,1H3,(H,27,28,29)/t16-/m0/s1. The molecule has 5 rings (SSSR count). The Kier molecular flexibility index (Phi) is 4.88. The van der Waals surface area contributed by atoms with Gasteiger partial charge in [-0.2, -0.15) is 0 Å². The van der Waals surface area contributed by atoms with Gasteiger partial charge >= 0.3 is 0 Å². The number of aromatic nitrogens is 3. The van der Waals surface area contributed by atoms with E-state index in [4.69, 9.17) is 11.6 Å². The van der Waals surface area contributed by atoms with E-state index >= 15 is 0 Å². The number of nitrogens with zero attached hydrogens (tertiary/aromatic N) is 3. The quantitative estimate of drug-likeness (QED) is 0.397. The lowest BCUT2D eigenvalue weighted by Gasteiger charge is -2.22. The van der Waals surface area contributed by atoms with Crippen LogP contribution in [-0.2, 0) is 0 Å². The zero-order valence-electron chi connectivity index (χ0n) is 16.8. The second kappa shape index (κ2) is 7.85. The van der Waals surface area contributed by atoms with E-state index in [0.29, 0.717) is 10.4 Å². The van der Waals surface area contributed by atoms with Gasteiger partial charge < -0.3 is 5.32 Å². The van der Waals surface area contributed by atoms with Gasteiger partial charge in [-0.1, -0.05) is 54.1 Å². The molecule has 0 spiro atoms. The predicted octanol–water partition coefficient (Wildman–Crippen LogP) is 5.76. The fourth-order valence-electron chi connectivity index (χ4n) is 3.90. The minimum atomic E-state index is -0.213. The lowest BCUT2D eigenvalue weighted by atomic mass is 10.1. The third-order valence-corrected chi connectivity index (χ3v) is 5.69. The van der Waals surface area contributed by atoms with Gasteiger partial charge in [0.2, 0.25) is 0 Å². The lowest BCUT2D eigenvalue weighted by Crippen LogP contribution is -2.25. The number of rotatable bonds is 4. The molecular formula is C25H19ClN4O. The van der Waals surface area contributed by atoms with Gasteiger partial charge in [-0.25, -0.2) is 9.97 Å². The minimum absolute atomic E-state index is 0.148. The molecule has 0 aliphatic heterocycles. The molecule has 0 aliphatic rings. The molecule has 152 valence electrons. The van der Waals surface area contributed by atoms with Gasteiger partial charge in [-0.15, -0.1) is 0 Å². The van der Waals surface area contributed by atoms with Crippen LogP contribution in [0.2, 0.25) is 5.02 Å². The first-order valence-electron chi connectivity index (χ1n) is 9.99. The number of anilines is 1. The van der Waals surface area contributed by atoms with E-state index in [1.54, 1.807) is 17.0 Å². The van der Waals surface area contributed by atoms with Crippen LogP contribution in [0.25, 0.3) is 27.4 Å². The van der Waals surface area contributed by atoms with Crippen LogP contribution in [0.4, 0.5) is 5.82 Å². The molecule has 1 N–H and O–H groups in total. The van der Waals surface area contributed by atoms with E-state index in [2.05, 4.69) is 15.3 Å². The molecule has 5 nitrogen and oxygen atoms in total. The zero-order valence-corrected chi connectivity index (χ0v) is 17.5. The molecule has 0 radical (unpaired) electrons. The second-order valence-corrected chi connectivity index (χ2v) is 7.76. The highest BCUT2D eigenvalue weighted by Crippen LogP contribution is 2.28. The van der Waals surface area contributed by atoms with E-state index in [-0.39, 0.29) is 11.6 Å². The number of pyridine rings is 1. The van der Waals surface area contributed by atoms with Crippen molar-refractivity contribution in [3.05, 3.63) is 106 Å². The van der Waals surface area contributed by atoms with Gasteiger partial charge in [-0.3, -0.25) is 9.36 Å². The first-order chi connectivity index (χ1) is 15.1. The summed E-state index contributed by atoms with van der Waals surface area (Å²) in [6.07, 6.45) is 1.54. The van der Waals surface area contributed by atoms with Crippen molar-refractivity contribution in [2.45, 2.75) is 13.0 Å². The highest BCUT2D eigenvalue weighted by molar-refractivity contribution is 6.35. The first kappa shape index (κ1) is 19.3. The number of nitrogens with one attached hydrogen (secondary N) is 1. The van der Waals surface area contributed by atoms with Crippen LogP contribution in [0, 0.1) is 0 Å². The minimum Gasteiger partial charge on any atom is -0.361 e. The van der Waals surface area contributed by atoms with Crippen molar-refractivity contribution in [1.29, 1.82) is 0 Å². The molecule has 3 aromatic carbocycles. The SMILES string of the molecule is C[C@H](Nc1ncnc2ccccc12)c1cc2cccc(Cl)c2c(=O)n1-c1ccccc1. The Balaban J connectivity index is 1.71. The topological polar surface area (TPSA) is 59.8 Å². The first-order valence-corrected chi connectivity index (χ1v) is 10.4. The summed E-state index contributed by atoms with van der Waals surface area (Å²) in [6, 6.07) is 24.7. The van der Waals surface area contributed by atoms with Crippen LogP contribution in [-0.4, -0.2) is 14.5 Å². The highest BCUT2D eigenvalue weighted by atomic mass is 35.5. The number of benzene rings is 3. The fourth-order valence-corrected chi connectivity index (χ4v) is 4.16. The average molecular weight is 427 g/mol. The second-order valence-electron chi connectivity index (χ2n) is 7.35. The fraction of sp³-hybridized carbons (Fsp3) is 0.0800. The average Bonchev–Trinajstić information content (AvgIpc) is 2.79. The third-order valence-electron chi connectivity index (χ3n) is 5.38. The van der Waals surface area contributed by atoms with Crippen molar-refractivity contribution in [2.24, 2.45) is 0 Å². The molecule has 6 heteroatoms. The Bertz CT molecular complexity index is 1460. The summed E-state index contributed by atoms with van der Waals surface area (Å²) < 4.78 is 1.72. The van der Waals surface area contributed by atoms with E-state index < -0.39 is 0 Å². The van der Waals surface area contributed by atoms with Crippen LogP contribution in [0.1, 0.15) is 18.7 Å². The maximum Gasteiger partial charge on any atom is 0.264 e. The van der Waals surface area contributed by atoms with Gasteiger partial charge in [0.1, 0.15) is 12.1 Å². The molecule has 0 fully saturated rings. The van der Waals surface area contributed by atoms with Crippen LogP contribution >= 0.6 is 11.6 Å². The van der Waals surface area contributed by atoms with Crippen molar-refractivity contribution >= 4 is 39.1 Å². The monoisotopic (exact) mass is 426 g/mol. The summed E-state index contributed by atoms with van der Waals surface area (Å²) in [5.74, 6) is 0.719. The van der Waals surface area contributed by atoms with Crippen molar-refractivity contribution in [2.75, 3.05) is 5.32 Å². The Hall–Kier alpha value is -3.70. The Labute approximate surface area is 184 Å². The van der Waals surface area contributed by atoms with Gasteiger partial charge in [0.05, 0.1) is 22.0 Å². The van der Waals surface area contributed by atoms with Gasteiger partial charge in [0.15, 0.2) is 0 Å². The lowest BCUT2D eigenvalue weighted by molar-refractivity contribution is 0.774. The molecule has 31 heavy (non-hydrogen) atoms. The molecule has 0 unspecified atom stereocenters. The van der Waals surface area contributed by atoms with Gasteiger partial charge in [0.25, 0.3) is 5.56 Å². The van der Waals surface area contributed by atoms with Crippen LogP contribution in [0.5, 0.6) is 0 Å². The summed E-state index contributed by atoms with van der Waals surface area (Å²) in [7, 11) is 0. The normalized spacial score (nSPS) is 12.2. The molecule has 0 aliphatic carbocycles. The van der Waals surface area contributed by atoms with Crippen molar-refractivity contribution in [1.82, 2.24) is 14.5 Å². The van der Waals surface area contributed by atoms with Crippen molar-refractivity contribution in [3.63, 3.8) is 0 Å². The smallest absolute Gasteiger partial charge is 0.264 e. The van der Waals surface area contributed by atoms with Gasteiger partial charge in [-0.05, 0) is 48.7 Å². The number of fused-ring (bicyclic) bond motifs is 2. The van der Waals surface area contributed by atoms with Crippen LogP contribution in [0.15, 0.2) is 90.0 Å². The zero-order chi connectivity index (χ0) is 21.4. The molecule has 1 atom stereocenters.